The molecule has 0 aliphatic heterocycles. The molecule has 0 saturated heterocycles. The van der Waals surface area contributed by atoms with Crippen LogP contribution in [0.25, 0.3) is 0 Å². The van der Waals surface area contributed by atoms with Crippen LogP contribution < -0.4 is 10.6 Å². The van der Waals surface area contributed by atoms with Gasteiger partial charge in [-0.1, -0.05) is 6.07 Å². The maximum atomic E-state index is 11.8. The minimum absolute atomic E-state index is 0.0910. The lowest BCUT2D eigenvalue weighted by Gasteiger charge is -2.21. The highest BCUT2D eigenvalue weighted by Crippen LogP contribution is 2.19. The zero-order valence-electron chi connectivity index (χ0n) is 10.3. The van der Waals surface area contributed by atoms with Gasteiger partial charge in [0, 0.05) is 25.2 Å². The fraction of sp³-hybridized carbons (Fsp3) is 0.462. The van der Waals surface area contributed by atoms with E-state index in [-0.39, 0.29) is 5.91 Å². The molecule has 0 aromatic heterocycles. The van der Waals surface area contributed by atoms with Gasteiger partial charge < -0.3 is 10.6 Å². The molecule has 1 aromatic carbocycles. The van der Waals surface area contributed by atoms with Gasteiger partial charge in [-0.3, -0.25) is 4.79 Å². The Bertz CT molecular complexity index is 374. The van der Waals surface area contributed by atoms with Crippen molar-refractivity contribution < 1.29 is 4.79 Å². The molecule has 0 atom stereocenters. The van der Waals surface area contributed by atoms with Gasteiger partial charge in [0.1, 0.15) is 0 Å². The summed E-state index contributed by atoms with van der Waals surface area (Å²) in [6.45, 7) is 7.18. The van der Waals surface area contributed by atoms with Gasteiger partial charge in [0.15, 0.2) is 0 Å². The van der Waals surface area contributed by atoms with E-state index in [1.165, 1.54) is 11.1 Å². The summed E-state index contributed by atoms with van der Waals surface area (Å²) in [7, 11) is 0. The molecular weight excluding hydrogens is 200 g/mol. The summed E-state index contributed by atoms with van der Waals surface area (Å²) < 4.78 is 0. The molecule has 0 unspecified atom stereocenters. The largest absolute Gasteiger partial charge is 0.330 e. The van der Waals surface area contributed by atoms with Crippen molar-refractivity contribution in [2.45, 2.75) is 27.2 Å². The number of nitrogens with zero attached hydrogens (tertiary/aromatic N) is 1. The molecule has 88 valence electrons. The Labute approximate surface area is 97.2 Å². The van der Waals surface area contributed by atoms with Crippen LogP contribution in [0.3, 0.4) is 0 Å². The van der Waals surface area contributed by atoms with E-state index in [9.17, 15) is 4.79 Å². The number of amides is 1. The average molecular weight is 220 g/mol. The Morgan fingerprint density at radius 3 is 2.50 bits per heavy atom. The highest BCUT2D eigenvalue weighted by molar-refractivity contribution is 5.93. The lowest BCUT2D eigenvalue weighted by molar-refractivity contribution is -0.118. The average Bonchev–Trinajstić information content (AvgIpc) is 2.25. The second kappa shape index (κ2) is 5.66. The number of benzene rings is 1. The molecule has 0 saturated carbocycles. The number of nitrogens with two attached hydrogens (primary N) is 1. The molecule has 1 aromatic rings. The lowest BCUT2D eigenvalue weighted by atomic mass is 10.1. The first-order valence-electron chi connectivity index (χ1n) is 5.67. The van der Waals surface area contributed by atoms with Crippen molar-refractivity contribution in [1.82, 2.24) is 0 Å². The van der Waals surface area contributed by atoms with Crippen LogP contribution in [-0.2, 0) is 4.79 Å². The first-order valence-corrected chi connectivity index (χ1v) is 5.67. The van der Waals surface area contributed by atoms with Crippen molar-refractivity contribution in [3.63, 3.8) is 0 Å². The molecule has 0 aliphatic rings. The van der Waals surface area contributed by atoms with Crippen LogP contribution in [0.5, 0.6) is 0 Å². The first kappa shape index (κ1) is 12.7. The molecule has 0 bridgehead atoms. The van der Waals surface area contributed by atoms with Crippen LogP contribution in [0.2, 0.25) is 0 Å². The molecular formula is C13H20N2O. The highest BCUT2D eigenvalue weighted by Gasteiger charge is 2.12. The van der Waals surface area contributed by atoms with Crippen molar-refractivity contribution >= 4 is 11.6 Å². The number of rotatable bonds is 4. The van der Waals surface area contributed by atoms with Gasteiger partial charge >= 0.3 is 0 Å². The third-order valence-corrected chi connectivity index (χ3v) is 2.78. The molecule has 0 fully saturated rings. The van der Waals surface area contributed by atoms with Crippen LogP contribution in [0.15, 0.2) is 18.2 Å². The predicted octanol–water partition coefficient (Wildman–Crippen LogP) is 2.01. The maximum absolute atomic E-state index is 11.8. The first-order chi connectivity index (χ1) is 7.60. The molecule has 0 radical (unpaired) electrons. The minimum Gasteiger partial charge on any atom is -0.330 e. The van der Waals surface area contributed by atoms with Crippen molar-refractivity contribution in [2.75, 3.05) is 18.0 Å². The number of carbonyl (C=O) groups excluding carboxylic acids is 1. The molecule has 0 spiro atoms. The van der Waals surface area contributed by atoms with E-state index in [0.717, 1.165) is 5.69 Å². The monoisotopic (exact) mass is 220 g/mol. The van der Waals surface area contributed by atoms with Crippen molar-refractivity contribution in [3.8, 4) is 0 Å². The quantitative estimate of drug-likeness (QED) is 0.843. The summed E-state index contributed by atoms with van der Waals surface area (Å²) in [5, 5.41) is 0. The second-order valence-electron chi connectivity index (χ2n) is 3.95. The minimum atomic E-state index is 0.0910. The summed E-state index contributed by atoms with van der Waals surface area (Å²) in [5.74, 6) is 0.0910. The van der Waals surface area contributed by atoms with Crippen LogP contribution in [-0.4, -0.2) is 19.0 Å². The van der Waals surface area contributed by atoms with Gasteiger partial charge in [0.2, 0.25) is 5.91 Å². The Morgan fingerprint density at radius 1 is 1.31 bits per heavy atom. The SMILES string of the molecule is CCN(C(=O)CCN)c1ccc(C)c(C)c1. The highest BCUT2D eigenvalue weighted by atomic mass is 16.2. The predicted molar refractivity (Wildman–Crippen MR) is 67.6 cm³/mol. The number of aryl methyl sites for hydroxylation is 2. The zero-order chi connectivity index (χ0) is 12.1. The maximum Gasteiger partial charge on any atom is 0.228 e. The van der Waals surface area contributed by atoms with Gasteiger partial charge in [-0.2, -0.15) is 0 Å². The smallest absolute Gasteiger partial charge is 0.228 e. The summed E-state index contributed by atoms with van der Waals surface area (Å²) in [6.07, 6.45) is 0.404. The summed E-state index contributed by atoms with van der Waals surface area (Å²) >= 11 is 0. The summed E-state index contributed by atoms with van der Waals surface area (Å²) in [5.41, 5.74) is 8.82. The van der Waals surface area contributed by atoms with E-state index in [4.69, 9.17) is 5.73 Å². The molecule has 16 heavy (non-hydrogen) atoms. The van der Waals surface area contributed by atoms with E-state index in [2.05, 4.69) is 13.8 Å². The number of hydrogen-bond acceptors (Lipinski definition) is 2. The van der Waals surface area contributed by atoms with Crippen LogP contribution in [0.1, 0.15) is 24.5 Å². The fourth-order valence-corrected chi connectivity index (χ4v) is 1.65. The van der Waals surface area contributed by atoms with Gasteiger partial charge in [-0.05, 0) is 44.0 Å². The van der Waals surface area contributed by atoms with E-state index < -0.39 is 0 Å². The molecule has 3 nitrogen and oxygen atoms in total. The van der Waals surface area contributed by atoms with Crippen LogP contribution >= 0.6 is 0 Å². The lowest BCUT2D eigenvalue weighted by Crippen LogP contribution is -2.32. The topological polar surface area (TPSA) is 46.3 Å². The van der Waals surface area contributed by atoms with Gasteiger partial charge in [-0.25, -0.2) is 0 Å². The number of carbonyl (C=O) groups is 1. The Balaban J connectivity index is 2.95. The van der Waals surface area contributed by atoms with Crippen LogP contribution in [0, 0.1) is 13.8 Å². The second-order valence-corrected chi connectivity index (χ2v) is 3.95. The number of anilines is 1. The van der Waals surface area contributed by atoms with Crippen LogP contribution in [0.4, 0.5) is 5.69 Å². The van der Waals surface area contributed by atoms with Crippen molar-refractivity contribution in [2.24, 2.45) is 5.73 Å². The van der Waals surface area contributed by atoms with E-state index in [0.29, 0.717) is 19.5 Å². The summed E-state index contributed by atoms with van der Waals surface area (Å²) in [6, 6.07) is 6.08. The fourth-order valence-electron chi connectivity index (χ4n) is 1.65. The Hall–Kier alpha value is -1.35. The molecule has 1 amide bonds. The van der Waals surface area contributed by atoms with E-state index >= 15 is 0 Å². The third kappa shape index (κ3) is 2.83. The van der Waals surface area contributed by atoms with E-state index in [1.807, 2.05) is 25.1 Å². The normalized spacial score (nSPS) is 10.2. The Morgan fingerprint density at radius 2 is 2.00 bits per heavy atom. The molecule has 0 heterocycles. The summed E-state index contributed by atoms with van der Waals surface area (Å²) in [4.78, 5) is 13.6. The molecule has 0 aliphatic carbocycles. The van der Waals surface area contributed by atoms with Crippen molar-refractivity contribution in [3.05, 3.63) is 29.3 Å². The standard InChI is InChI=1S/C13H20N2O/c1-4-15(13(16)7-8-14)12-6-5-10(2)11(3)9-12/h5-6,9H,4,7-8,14H2,1-3H3. The molecule has 1 rings (SSSR count). The Kier molecular flexibility index (Phi) is 4.50. The van der Waals surface area contributed by atoms with Crippen molar-refractivity contribution in [1.29, 1.82) is 0 Å². The third-order valence-electron chi connectivity index (χ3n) is 2.78. The zero-order valence-corrected chi connectivity index (χ0v) is 10.3. The van der Waals surface area contributed by atoms with Gasteiger partial charge in [0.05, 0.1) is 0 Å². The number of hydrogen-bond donors (Lipinski definition) is 1. The molecule has 3 heteroatoms. The van der Waals surface area contributed by atoms with Gasteiger partial charge in [0.25, 0.3) is 0 Å². The molecule has 2 N–H and O–H groups in total. The van der Waals surface area contributed by atoms with Gasteiger partial charge in [-0.15, -0.1) is 0 Å². The van der Waals surface area contributed by atoms with E-state index in [1.54, 1.807) is 4.90 Å².